The van der Waals surface area contributed by atoms with E-state index in [4.69, 9.17) is 16.0 Å². The largest absolute Gasteiger partial charge is 0.477 e. The number of hydrogen-bond donors (Lipinski definition) is 1. The molecule has 0 radical (unpaired) electrons. The van der Waals surface area contributed by atoms with Crippen molar-refractivity contribution in [3.8, 4) is 11.1 Å². The number of benzene rings is 3. The molecule has 0 saturated heterocycles. The molecule has 8 heteroatoms. The van der Waals surface area contributed by atoms with Crippen LogP contribution in [0.4, 0.5) is 8.78 Å². The number of furan rings is 1. The lowest BCUT2D eigenvalue weighted by atomic mass is 10.00. The molecule has 6 aromatic rings. The monoisotopic (exact) mass is 488 g/mol. The molecule has 5 nitrogen and oxygen atoms in total. The van der Waals surface area contributed by atoms with Crippen molar-refractivity contribution >= 4 is 50.3 Å². The third-order valence-electron chi connectivity index (χ3n) is 6.14. The van der Waals surface area contributed by atoms with Gasteiger partial charge in [-0.15, -0.1) is 0 Å². The molecule has 0 spiro atoms. The fourth-order valence-electron chi connectivity index (χ4n) is 4.64. The SMILES string of the molecule is O=C(O)c1c(-c2ccccc2F)c2c3occc3c(F)cc2n1Cc1cc2ccccc2nc1Cl. The molecule has 3 heterocycles. The number of halogens is 3. The zero-order chi connectivity index (χ0) is 24.3. The number of carboxylic acids is 1. The van der Waals surface area contributed by atoms with Crippen molar-refractivity contribution < 1.29 is 23.1 Å². The molecule has 0 bridgehead atoms. The molecule has 0 aliphatic carbocycles. The van der Waals surface area contributed by atoms with Gasteiger partial charge in [0, 0.05) is 22.1 Å². The minimum Gasteiger partial charge on any atom is -0.477 e. The standard InChI is InChI=1S/C27H15ClF2N2O3/c28-26-15(11-14-5-1-4-8-20(14)31-26)13-32-21-12-19(30)17-9-10-35-25(17)23(21)22(24(32)27(33)34)16-6-2-3-7-18(16)29/h1-12H,13H2,(H,33,34). The van der Waals surface area contributed by atoms with Gasteiger partial charge in [-0.2, -0.15) is 0 Å². The highest BCUT2D eigenvalue weighted by molar-refractivity contribution is 6.30. The minimum atomic E-state index is -1.30. The van der Waals surface area contributed by atoms with Crippen molar-refractivity contribution in [3.63, 3.8) is 0 Å². The second-order valence-corrected chi connectivity index (χ2v) is 8.50. The molecule has 0 aliphatic rings. The van der Waals surface area contributed by atoms with Gasteiger partial charge < -0.3 is 14.1 Å². The first-order valence-corrected chi connectivity index (χ1v) is 11.1. The number of aromatic nitrogens is 2. The predicted molar refractivity (Wildman–Crippen MR) is 130 cm³/mol. The maximum Gasteiger partial charge on any atom is 0.353 e. The van der Waals surface area contributed by atoms with E-state index in [1.165, 1.54) is 41.2 Å². The van der Waals surface area contributed by atoms with Gasteiger partial charge in [0.2, 0.25) is 0 Å². The predicted octanol–water partition coefficient (Wildman–Crippen LogP) is 7.28. The Kier molecular flexibility index (Phi) is 4.82. The number of fused-ring (bicyclic) bond motifs is 4. The maximum atomic E-state index is 15.0. The summed E-state index contributed by atoms with van der Waals surface area (Å²) in [6.07, 6.45) is 1.32. The first kappa shape index (κ1) is 21.3. The van der Waals surface area contributed by atoms with Crippen LogP contribution in [0.5, 0.6) is 0 Å². The fraction of sp³-hybridized carbons (Fsp3) is 0.0370. The van der Waals surface area contributed by atoms with Gasteiger partial charge in [0.15, 0.2) is 0 Å². The van der Waals surface area contributed by atoms with Gasteiger partial charge in [-0.3, -0.25) is 0 Å². The highest BCUT2D eigenvalue weighted by Gasteiger charge is 2.29. The first-order valence-electron chi connectivity index (χ1n) is 10.7. The van der Waals surface area contributed by atoms with Gasteiger partial charge in [-0.05, 0) is 30.3 Å². The van der Waals surface area contributed by atoms with E-state index < -0.39 is 17.6 Å². The Balaban J connectivity index is 1.73. The maximum absolute atomic E-state index is 15.0. The van der Waals surface area contributed by atoms with E-state index in [-0.39, 0.29) is 45.0 Å². The molecule has 0 atom stereocenters. The number of carboxylic acid groups (broad SMARTS) is 1. The van der Waals surface area contributed by atoms with Gasteiger partial charge in [0.25, 0.3) is 0 Å². The molecule has 1 N–H and O–H groups in total. The third kappa shape index (κ3) is 3.27. The summed E-state index contributed by atoms with van der Waals surface area (Å²) in [5.74, 6) is -2.49. The highest BCUT2D eigenvalue weighted by atomic mass is 35.5. The quantitative estimate of drug-likeness (QED) is 0.265. The molecule has 0 fully saturated rings. The summed E-state index contributed by atoms with van der Waals surface area (Å²) in [6, 6.07) is 17.8. The van der Waals surface area contributed by atoms with Crippen molar-refractivity contribution in [2.75, 3.05) is 0 Å². The van der Waals surface area contributed by atoms with Gasteiger partial charge in [-0.25, -0.2) is 18.6 Å². The molecule has 3 aromatic heterocycles. The lowest BCUT2D eigenvalue weighted by Crippen LogP contribution is -2.11. The number of hydrogen-bond acceptors (Lipinski definition) is 3. The van der Waals surface area contributed by atoms with Crippen molar-refractivity contribution in [1.82, 2.24) is 9.55 Å². The van der Waals surface area contributed by atoms with Crippen molar-refractivity contribution in [1.29, 1.82) is 0 Å². The summed E-state index contributed by atoms with van der Waals surface area (Å²) in [6.45, 7) is -0.0328. The van der Waals surface area contributed by atoms with Crippen LogP contribution in [0, 0.1) is 11.6 Å². The van der Waals surface area contributed by atoms with Gasteiger partial charge in [0.1, 0.15) is 28.1 Å². The Morgan fingerprint density at radius 1 is 1.03 bits per heavy atom. The Morgan fingerprint density at radius 2 is 1.80 bits per heavy atom. The van der Waals surface area contributed by atoms with Crippen LogP contribution in [-0.4, -0.2) is 20.6 Å². The molecule has 6 rings (SSSR count). The molecule has 172 valence electrons. The highest BCUT2D eigenvalue weighted by Crippen LogP contribution is 2.42. The first-order chi connectivity index (χ1) is 16.9. The minimum absolute atomic E-state index is 0.0328. The second-order valence-electron chi connectivity index (χ2n) is 8.14. The van der Waals surface area contributed by atoms with Crippen molar-refractivity contribution in [2.45, 2.75) is 6.54 Å². The van der Waals surface area contributed by atoms with Crippen LogP contribution in [0.25, 0.3) is 43.9 Å². The van der Waals surface area contributed by atoms with E-state index in [0.717, 1.165) is 5.39 Å². The molecule has 0 saturated carbocycles. The average Bonchev–Trinajstić information content (AvgIpc) is 3.44. The number of para-hydroxylation sites is 1. The number of nitrogens with zero attached hydrogens (tertiary/aromatic N) is 2. The van der Waals surface area contributed by atoms with Crippen LogP contribution in [0.15, 0.2) is 77.4 Å². The molecular formula is C27H15ClF2N2O3. The summed E-state index contributed by atoms with van der Waals surface area (Å²) in [4.78, 5) is 17.0. The van der Waals surface area contributed by atoms with Crippen LogP contribution in [-0.2, 0) is 6.54 Å². The zero-order valence-electron chi connectivity index (χ0n) is 17.9. The van der Waals surface area contributed by atoms with Gasteiger partial charge >= 0.3 is 5.97 Å². The van der Waals surface area contributed by atoms with Crippen LogP contribution >= 0.6 is 11.6 Å². The summed E-state index contributed by atoms with van der Waals surface area (Å²) in [5.41, 5.74) is 1.57. The number of carbonyl (C=O) groups is 1. The Bertz CT molecular complexity index is 1810. The molecule has 35 heavy (non-hydrogen) atoms. The Morgan fingerprint density at radius 3 is 2.60 bits per heavy atom. The number of aromatic carboxylic acids is 1. The van der Waals surface area contributed by atoms with Crippen molar-refractivity contribution in [2.24, 2.45) is 0 Å². The second kappa shape index (κ2) is 7.92. The molecule has 3 aromatic carbocycles. The number of rotatable bonds is 4. The molecule has 0 aliphatic heterocycles. The van der Waals surface area contributed by atoms with E-state index in [2.05, 4.69) is 4.98 Å². The van der Waals surface area contributed by atoms with Crippen LogP contribution in [0.1, 0.15) is 16.1 Å². The topological polar surface area (TPSA) is 68.3 Å². The van der Waals surface area contributed by atoms with E-state index in [1.54, 1.807) is 6.07 Å². The molecular weight excluding hydrogens is 474 g/mol. The van der Waals surface area contributed by atoms with E-state index in [9.17, 15) is 14.3 Å². The van der Waals surface area contributed by atoms with E-state index >= 15 is 4.39 Å². The summed E-state index contributed by atoms with van der Waals surface area (Å²) in [7, 11) is 0. The fourth-order valence-corrected chi connectivity index (χ4v) is 4.84. The van der Waals surface area contributed by atoms with E-state index in [1.807, 2.05) is 30.3 Å². The number of pyridine rings is 1. The summed E-state index contributed by atoms with van der Waals surface area (Å²) in [5, 5.41) is 11.8. The lowest BCUT2D eigenvalue weighted by molar-refractivity contribution is 0.0687. The lowest BCUT2D eigenvalue weighted by Gasteiger charge is -2.12. The van der Waals surface area contributed by atoms with E-state index in [0.29, 0.717) is 16.5 Å². The Hall–Kier alpha value is -4.23. The zero-order valence-corrected chi connectivity index (χ0v) is 18.7. The van der Waals surface area contributed by atoms with Gasteiger partial charge in [0.05, 0.1) is 34.6 Å². The normalized spacial score (nSPS) is 11.6. The Labute approximate surface area is 201 Å². The smallest absolute Gasteiger partial charge is 0.353 e. The summed E-state index contributed by atoms with van der Waals surface area (Å²) < 4.78 is 37.0. The third-order valence-corrected chi connectivity index (χ3v) is 6.47. The van der Waals surface area contributed by atoms with Crippen molar-refractivity contribution in [3.05, 3.63) is 101 Å². The summed E-state index contributed by atoms with van der Waals surface area (Å²) >= 11 is 6.47. The van der Waals surface area contributed by atoms with Gasteiger partial charge in [-0.1, -0.05) is 48.0 Å². The van der Waals surface area contributed by atoms with Crippen LogP contribution < -0.4 is 0 Å². The molecule has 0 unspecified atom stereocenters. The van der Waals surface area contributed by atoms with Crippen LogP contribution in [0.3, 0.4) is 0 Å². The van der Waals surface area contributed by atoms with Crippen LogP contribution in [0.2, 0.25) is 5.15 Å². The molecule has 0 amide bonds. The average molecular weight is 489 g/mol.